The van der Waals surface area contributed by atoms with Crippen molar-refractivity contribution in [2.75, 3.05) is 6.54 Å². The maximum atomic E-state index is 12.2. The van der Waals surface area contributed by atoms with E-state index in [2.05, 4.69) is 15.9 Å². The van der Waals surface area contributed by atoms with E-state index in [0.717, 1.165) is 4.90 Å². The third-order valence-electron chi connectivity index (χ3n) is 3.02. The fourth-order valence-electron chi connectivity index (χ4n) is 2.08. The highest BCUT2D eigenvalue weighted by molar-refractivity contribution is 9.10. The number of aliphatic carboxylic acids is 1. The highest BCUT2D eigenvalue weighted by atomic mass is 79.9. The molecule has 102 valence electrons. The van der Waals surface area contributed by atoms with E-state index in [0.29, 0.717) is 4.47 Å². The molecule has 0 aliphatic carbocycles. The second-order valence-corrected chi connectivity index (χ2v) is 5.22. The van der Waals surface area contributed by atoms with Gasteiger partial charge in [-0.2, -0.15) is 0 Å². The number of β-amino-alcohol motifs (C(OH)–C–C–N with tert-alkyl or cyclic N) is 1. The molecule has 1 aliphatic heterocycles. The molecule has 0 radical (unpaired) electrons. The van der Waals surface area contributed by atoms with Crippen molar-refractivity contribution in [1.29, 1.82) is 0 Å². The zero-order chi connectivity index (χ0) is 14.2. The summed E-state index contributed by atoms with van der Waals surface area (Å²) >= 11 is 3.10. The Labute approximate surface area is 117 Å². The number of hydrogen-bond donors (Lipinski definition) is 3. The Morgan fingerprint density at radius 1 is 1.37 bits per heavy atom. The van der Waals surface area contributed by atoms with Crippen LogP contribution in [0, 0.1) is 0 Å². The van der Waals surface area contributed by atoms with Gasteiger partial charge in [-0.25, -0.2) is 4.79 Å². The minimum atomic E-state index is -1.15. The SMILES string of the molecule is O=C(O)C1CC(O)CN1C(=O)c1ccc(Br)c(O)c1. The Hall–Kier alpha value is -1.60. The van der Waals surface area contributed by atoms with E-state index in [9.17, 15) is 19.8 Å². The van der Waals surface area contributed by atoms with E-state index < -0.39 is 24.0 Å². The van der Waals surface area contributed by atoms with Crippen LogP contribution in [-0.4, -0.2) is 50.8 Å². The molecule has 1 aromatic carbocycles. The topological polar surface area (TPSA) is 98.1 Å². The minimum absolute atomic E-state index is 0.0174. The molecule has 1 fully saturated rings. The van der Waals surface area contributed by atoms with Gasteiger partial charge in [-0.15, -0.1) is 0 Å². The highest BCUT2D eigenvalue weighted by Gasteiger charge is 2.39. The van der Waals surface area contributed by atoms with Gasteiger partial charge in [0.25, 0.3) is 5.91 Å². The van der Waals surface area contributed by atoms with Crippen LogP contribution in [0.1, 0.15) is 16.8 Å². The molecule has 1 heterocycles. The van der Waals surface area contributed by atoms with Crippen molar-refractivity contribution < 1.29 is 24.9 Å². The molecule has 0 aromatic heterocycles. The number of hydrogen-bond acceptors (Lipinski definition) is 4. The van der Waals surface area contributed by atoms with E-state index in [1.54, 1.807) is 0 Å². The third-order valence-corrected chi connectivity index (χ3v) is 3.69. The minimum Gasteiger partial charge on any atom is -0.507 e. The zero-order valence-corrected chi connectivity index (χ0v) is 11.4. The molecular weight excluding hydrogens is 318 g/mol. The zero-order valence-electron chi connectivity index (χ0n) is 9.78. The number of halogens is 1. The number of aliphatic hydroxyl groups excluding tert-OH is 1. The van der Waals surface area contributed by atoms with Crippen LogP contribution in [0.15, 0.2) is 22.7 Å². The average Bonchev–Trinajstić information content (AvgIpc) is 2.74. The molecule has 1 amide bonds. The van der Waals surface area contributed by atoms with Crippen molar-refractivity contribution in [3.05, 3.63) is 28.2 Å². The number of phenolic OH excluding ortho intramolecular Hbond substituents is 1. The first kappa shape index (κ1) is 13.8. The van der Waals surface area contributed by atoms with Gasteiger partial charge in [-0.3, -0.25) is 4.79 Å². The van der Waals surface area contributed by atoms with Crippen LogP contribution in [0.4, 0.5) is 0 Å². The van der Waals surface area contributed by atoms with Crippen LogP contribution >= 0.6 is 15.9 Å². The summed E-state index contributed by atoms with van der Waals surface area (Å²) in [7, 11) is 0. The first-order valence-electron chi connectivity index (χ1n) is 5.60. The summed E-state index contributed by atoms with van der Waals surface area (Å²) in [5.74, 6) is -1.77. The number of amides is 1. The predicted octanol–water partition coefficient (Wildman–Crippen LogP) is 0.815. The number of nitrogens with zero attached hydrogens (tertiary/aromatic N) is 1. The Balaban J connectivity index is 2.27. The monoisotopic (exact) mass is 329 g/mol. The lowest BCUT2D eigenvalue weighted by Gasteiger charge is -2.21. The van der Waals surface area contributed by atoms with Gasteiger partial charge in [0.2, 0.25) is 0 Å². The number of likely N-dealkylation sites (tertiary alicyclic amines) is 1. The summed E-state index contributed by atoms with van der Waals surface area (Å²) in [5, 5.41) is 28.1. The van der Waals surface area contributed by atoms with Gasteiger partial charge in [-0.05, 0) is 34.1 Å². The Bertz CT molecular complexity index is 533. The first-order chi connectivity index (χ1) is 8.90. The fraction of sp³-hybridized carbons (Fsp3) is 0.333. The molecule has 19 heavy (non-hydrogen) atoms. The van der Waals surface area contributed by atoms with Crippen LogP contribution in [0.2, 0.25) is 0 Å². The second kappa shape index (κ2) is 5.18. The lowest BCUT2D eigenvalue weighted by atomic mass is 10.1. The van der Waals surface area contributed by atoms with E-state index in [4.69, 9.17) is 5.11 Å². The van der Waals surface area contributed by atoms with Gasteiger partial charge in [-0.1, -0.05) is 0 Å². The van der Waals surface area contributed by atoms with Gasteiger partial charge in [0, 0.05) is 18.5 Å². The number of carbonyl (C=O) groups is 2. The average molecular weight is 330 g/mol. The number of aliphatic hydroxyl groups is 1. The van der Waals surface area contributed by atoms with Crippen molar-refractivity contribution >= 4 is 27.8 Å². The number of benzene rings is 1. The molecular formula is C12H12BrNO5. The number of carboxylic acid groups (broad SMARTS) is 1. The van der Waals surface area contributed by atoms with E-state index in [1.165, 1.54) is 18.2 Å². The molecule has 1 aliphatic rings. The van der Waals surface area contributed by atoms with Crippen molar-refractivity contribution in [2.24, 2.45) is 0 Å². The van der Waals surface area contributed by atoms with Crippen LogP contribution in [0.5, 0.6) is 5.75 Å². The largest absolute Gasteiger partial charge is 0.507 e. The molecule has 1 aromatic rings. The maximum Gasteiger partial charge on any atom is 0.326 e. The lowest BCUT2D eigenvalue weighted by molar-refractivity contribution is -0.141. The van der Waals surface area contributed by atoms with Gasteiger partial charge < -0.3 is 20.2 Å². The number of aromatic hydroxyl groups is 1. The van der Waals surface area contributed by atoms with Crippen LogP contribution in [0.25, 0.3) is 0 Å². The summed E-state index contributed by atoms with van der Waals surface area (Å²) in [6.07, 6.45) is -0.821. The van der Waals surface area contributed by atoms with Crippen LogP contribution < -0.4 is 0 Å². The number of carboxylic acids is 1. The maximum absolute atomic E-state index is 12.2. The first-order valence-corrected chi connectivity index (χ1v) is 6.40. The van der Waals surface area contributed by atoms with Crippen LogP contribution in [-0.2, 0) is 4.79 Å². The Morgan fingerprint density at radius 2 is 2.05 bits per heavy atom. The summed E-state index contributed by atoms with van der Waals surface area (Å²) in [6, 6.07) is 3.21. The normalized spacial score (nSPS) is 22.5. The fourth-order valence-corrected chi connectivity index (χ4v) is 2.33. The van der Waals surface area contributed by atoms with Crippen LogP contribution in [0.3, 0.4) is 0 Å². The highest BCUT2D eigenvalue weighted by Crippen LogP contribution is 2.27. The van der Waals surface area contributed by atoms with Crippen molar-refractivity contribution in [3.63, 3.8) is 0 Å². The molecule has 7 heteroatoms. The van der Waals surface area contributed by atoms with E-state index in [1.807, 2.05) is 0 Å². The quantitative estimate of drug-likeness (QED) is 0.746. The van der Waals surface area contributed by atoms with Crippen molar-refractivity contribution in [2.45, 2.75) is 18.6 Å². The number of phenols is 1. The predicted molar refractivity (Wildman–Crippen MR) is 68.9 cm³/mol. The Morgan fingerprint density at radius 3 is 2.63 bits per heavy atom. The molecule has 2 atom stereocenters. The molecule has 2 unspecified atom stereocenters. The van der Waals surface area contributed by atoms with Gasteiger partial charge in [0.1, 0.15) is 11.8 Å². The molecule has 1 saturated heterocycles. The number of carbonyl (C=O) groups excluding carboxylic acids is 1. The molecule has 0 saturated carbocycles. The van der Waals surface area contributed by atoms with Crippen molar-refractivity contribution in [1.82, 2.24) is 4.90 Å². The molecule has 6 nitrogen and oxygen atoms in total. The molecule has 0 bridgehead atoms. The Kier molecular flexibility index (Phi) is 3.77. The molecule has 2 rings (SSSR count). The summed E-state index contributed by atoms with van der Waals surface area (Å²) in [5.41, 5.74) is 0.182. The standard InChI is InChI=1S/C12H12BrNO5/c13-8-2-1-6(3-10(8)16)11(17)14-5-7(15)4-9(14)12(18)19/h1-3,7,9,15-16H,4-5H2,(H,18,19). The lowest BCUT2D eigenvalue weighted by Crippen LogP contribution is -2.40. The summed E-state index contributed by atoms with van der Waals surface area (Å²) in [6.45, 7) is -0.0212. The number of rotatable bonds is 2. The third kappa shape index (κ3) is 2.71. The van der Waals surface area contributed by atoms with E-state index >= 15 is 0 Å². The van der Waals surface area contributed by atoms with E-state index in [-0.39, 0.29) is 24.3 Å². The van der Waals surface area contributed by atoms with Gasteiger partial charge >= 0.3 is 5.97 Å². The van der Waals surface area contributed by atoms with Gasteiger partial charge in [0.15, 0.2) is 0 Å². The van der Waals surface area contributed by atoms with Gasteiger partial charge in [0.05, 0.1) is 10.6 Å². The summed E-state index contributed by atoms with van der Waals surface area (Å²) < 4.78 is 0.445. The second-order valence-electron chi connectivity index (χ2n) is 4.37. The molecule has 3 N–H and O–H groups in total. The van der Waals surface area contributed by atoms with Crippen molar-refractivity contribution in [3.8, 4) is 5.75 Å². The smallest absolute Gasteiger partial charge is 0.326 e. The summed E-state index contributed by atoms with van der Waals surface area (Å²) in [4.78, 5) is 24.4. The molecule has 0 spiro atoms.